The summed E-state index contributed by atoms with van der Waals surface area (Å²) in [5.74, 6) is 2.74. The second-order valence-corrected chi connectivity index (χ2v) is 6.16. The fourth-order valence-corrected chi connectivity index (χ4v) is 2.74. The number of furan rings is 1. The molecule has 22 heavy (non-hydrogen) atoms. The first kappa shape index (κ1) is 16.8. The van der Waals surface area contributed by atoms with E-state index in [0.717, 1.165) is 42.0 Å². The van der Waals surface area contributed by atoms with Crippen LogP contribution in [0, 0.1) is 0 Å². The highest BCUT2D eigenvalue weighted by molar-refractivity contribution is 7.99. The number of rotatable bonds is 7. The Kier molecular flexibility index (Phi) is 7.19. The van der Waals surface area contributed by atoms with E-state index in [4.69, 9.17) is 16.0 Å². The number of thioether (sulfide) groups is 1. The monoisotopic (exact) mass is 337 g/mol. The normalized spacial score (nSPS) is 11.5. The van der Waals surface area contributed by atoms with Crippen molar-refractivity contribution in [1.29, 1.82) is 0 Å². The summed E-state index contributed by atoms with van der Waals surface area (Å²) in [6, 6.07) is 11.8. The SMILES string of the molecule is CN=C(NCCSc1ccc(Cl)cc1)NCCc1ccco1. The number of halogens is 1. The molecule has 0 unspecified atom stereocenters. The summed E-state index contributed by atoms with van der Waals surface area (Å²) < 4.78 is 5.29. The van der Waals surface area contributed by atoms with Crippen LogP contribution >= 0.6 is 23.4 Å². The van der Waals surface area contributed by atoms with Crippen LogP contribution in [0.15, 0.2) is 57.0 Å². The van der Waals surface area contributed by atoms with Gasteiger partial charge in [0.25, 0.3) is 0 Å². The van der Waals surface area contributed by atoms with Gasteiger partial charge < -0.3 is 15.1 Å². The molecule has 0 spiro atoms. The second kappa shape index (κ2) is 9.43. The molecule has 0 radical (unpaired) electrons. The number of aliphatic imine (C=N–C) groups is 1. The molecule has 6 heteroatoms. The lowest BCUT2D eigenvalue weighted by Gasteiger charge is -2.11. The summed E-state index contributed by atoms with van der Waals surface area (Å²) in [6.07, 6.45) is 2.53. The van der Waals surface area contributed by atoms with E-state index in [2.05, 4.69) is 15.6 Å². The van der Waals surface area contributed by atoms with Crippen molar-refractivity contribution in [3.63, 3.8) is 0 Å². The summed E-state index contributed by atoms with van der Waals surface area (Å²) in [7, 11) is 1.77. The highest BCUT2D eigenvalue weighted by Crippen LogP contribution is 2.19. The number of nitrogens with one attached hydrogen (secondary N) is 2. The van der Waals surface area contributed by atoms with Crippen molar-refractivity contribution in [3.8, 4) is 0 Å². The molecule has 2 rings (SSSR count). The maximum absolute atomic E-state index is 5.87. The summed E-state index contributed by atoms with van der Waals surface area (Å²) in [6.45, 7) is 1.63. The van der Waals surface area contributed by atoms with Crippen molar-refractivity contribution in [1.82, 2.24) is 10.6 Å². The lowest BCUT2D eigenvalue weighted by atomic mass is 10.3. The topological polar surface area (TPSA) is 49.6 Å². The Hall–Kier alpha value is -1.59. The van der Waals surface area contributed by atoms with E-state index in [-0.39, 0.29) is 0 Å². The lowest BCUT2D eigenvalue weighted by molar-refractivity contribution is 0.507. The van der Waals surface area contributed by atoms with Crippen LogP contribution in [0.5, 0.6) is 0 Å². The molecule has 0 fully saturated rings. The predicted molar refractivity (Wildman–Crippen MR) is 94.0 cm³/mol. The van der Waals surface area contributed by atoms with Crippen LogP contribution in [0.1, 0.15) is 5.76 Å². The van der Waals surface area contributed by atoms with Crippen molar-refractivity contribution in [3.05, 3.63) is 53.4 Å². The Bertz CT molecular complexity index is 570. The number of hydrogen-bond donors (Lipinski definition) is 2. The standard InChI is InChI=1S/C16H20ClN3OS/c1-18-16(19-9-8-14-3-2-11-21-14)20-10-12-22-15-6-4-13(17)5-7-15/h2-7,11H,8-10,12H2,1H3,(H2,18,19,20). The van der Waals surface area contributed by atoms with Gasteiger partial charge in [0.05, 0.1) is 6.26 Å². The molecule has 2 N–H and O–H groups in total. The van der Waals surface area contributed by atoms with Gasteiger partial charge in [0, 0.05) is 42.2 Å². The molecular formula is C16H20ClN3OS. The third kappa shape index (κ3) is 6.03. The number of benzene rings is 1. The molecule has 2 aromatic rings. The third-order valence-corrected chi connectivity index (χ3v) is 4.21. The Balaban J connectivity index is 1.60. The van der Waals surface area contributed by atoms with Gasteiger partial charge in [0.2, 0.25) is 0 Å². The number of hydrogen-bond acceptors (Lipinski definition) is 3. The van der Waals surface area contributed by atoms with E-state index in [1.54, 1.807) is 25.1 Å². The Morgan fingerprint density at radius 3 is 2.64 bits per heavy atom. The van der Waals surface area contributed by atoms with Crippen LogP contribution in [-0.4, -0.2) is 31.8 Å². The predicted octanol–water partition coefficient (Wildman–Crippen LogP) is 3.43. The fourth-order valence-electron chi connectivity index (χ4n) is 1.85. The minimum Gasteiger partial charge on any atom is -0.469 e. The molecule has 1 aromatic carbocycles. The van der Waals surface area contributed by atoms with E-state index >= 15 is 0 Å². The average molecular weight is 338 g/mol. The van der Waals surface area contributed by atoms with Gasteiger partial charge in [-0.2, -0.15) is 0 Å². The van der Waals surface area contributed by atoms with Crippen molar-refractivity contribution in [2.24, 2.45) is 4.99 Å². The number of nitrogens with zero attached hydrogens (tertiary/aromatic N) is 1. The molecule has 0 aliphatic rings. The van der Waals surface area contributed by atoms with Crippen LogP contribution in [0.2, 0.25) is 5.02 Å². The maximum Gasteiger partial charge on any atom is 0.191 e. The maximum atomic E-state index is 5.87. The molecule has 0 aliphatic heterocycles. The molecule has 1 aromatic heterocycles. The van der Waals surface area contributed by atoms with Crippen molar-refractivity contribution in [2.75, 3.05) is 25.9 Å². The molecular weight excluding hydrogens is 318 g/mol. The van der Waals surface area contributed by atoms with Crippen LogP contribution < -0.4 is 10.6 Å². The summed E-state index contributed by atoms with van der Waals surface area (Å²) in [5.41, 5.74) is 0. The molecule has 0 amide bonds. The van der Waals surface area contributed by atoms with Crippen molar-refractivity contribution < 1.29 is 4.42 Å². The van der Waals surface area contributed by atoms with Crippen molar-refractivity contribution >= 4 is 29.3 Å². The molecule has 0 atom stereocenters. The van der Waals surface area contributed by atoms with Crippen LogP contribution in [0.4, 0.5) is 0 Å². The lowest BCUT2D eigenvalue weighted by Crippen LogP contribution is -2.39. The van der Waals surface area contributed by atoms with Gasteiger partial charge in [-0.25, -0.2) is 0 Å². The summed E-state index contributed by atoms with van der Waals surface area (Å²) in [4.78, 5) is 5.41. The van der Waals surface area contributed by atoms with Gasteiger partial charge in [-0.15, -0.1) is 11.8 Å². The van der Waals surface area contributed by atoms with Gasteiger partial charge >= 0.3 is 0 Å². The van der Waals surface area contributed by atoms with Crippen molar-refractivity contribution in [2.45, 2.75) is 11.3 Å². The molecule has 0 aliphatic carbocycles. The number of guanidine groups is 1. The molecule has 4 nitrogen and oxygen atoms in total. The van der Waals surface area contributed by atoms with Gasteiger partial charge in [-0.3, -0.25) is 4.99 Å². The van der Waals surface area contributed by atoms with Crippen LogP contribution in [-0.2, 0) is 6.42 Å². The smallest absolute Gasteiger partial charge is 0.191 e. The fraction of sp³-hybridized carbons (Fsp3) is 0.312. The van der Waals surface area contributed by atoms with Gasteiger partial charge in [0.15, 0.2) is 5.96 Å². The Morgan fingerprint density at radius 2 is 1.95 bits per heavy atom. The molecule has 0 saturated carbocycles. The van der Waals surface area contributed by atoms with Crippen LogP contribution in [0.3, 0.4) is 0 Å². The third-order valence-electron chi connectivity index (χ3n) is 2.94. The second-order valence-electron chi connectivity index (χ2n) is 4.56. The minimum atomic E-state index is 0.767. The zero-order valence-corrected chi connectivity index (χ0v) is 14.1. The molecule has 1 heterocycles. The largest absolute Gasteiger partial charge is 0.469 e. The molecule has 0 bridgehead atoms. The first-order chi connectivity index (χ1) is 10.8. The van der Waals surface area contributed by atoms with Gasteiger partial charge in [-0.1, -0.05) is 11.6 Å². The van der Waals surface area contributed by atoms with Gasteiger partial charge in [0.1, 0.15) is 5.76 Å². The van der Waals surface area contributed by atoms with Gasteiger partial charge in [-0.05, 0) is 36.4 Å². The summed E-state index contributed by atoms with van der Waals surface area (Å²) >= 11 is 7.65. The quantitative estimate of drug-likeness (QED) is 0.352. The van der Waals surface area contributed by atoms with E-state index < -0.39 is 0 Å². The molecule has 0 saturated heterocycles. The first-order valence-corrected chi connectivity index (χ1v) is 8.49. The van der Waals surface area contributed by atoms with E-state index in [0.29, 0.717) is 0 Å². The van der Waals surface area contributed by atoms with E-state index in [9.17, 15) is 0 Å². The van der Waals surface area contributed by atoms with Crippen LogP contribution in [0.25, 0.3) is 0 Å². The highest BCUT2D eigenvalue weighted by atomic mass is 35.5. The molecule has 118 valence electrons. The highest BCUT2D eigenvalue weighted by Gasteiger charge is 2.00. The Labute approximate surface area is 140 Å². The first-order valence-electron chi connectivity index (χ1n) is 7.13. The van der Waals surface area contributed by atoms with E-state index in [1.165, 1.54) is 4.90 Å². The average Bonchev–Trinajstić information content (AvgIpc) is 3.04. The zero-order valence-electron chi connectivity index (χ0n) is 12.5. The minimum absolute atomic E-state index is 0.767. The Morgan fingerprint density at radius 1 is 1.18 bits per heavy atom. The van der Waals surface area contributed by atoms with E-state index in [1.807, 2.05) is 36.4 Å². The summed E-state index contributed by atoms with van der Waals surface area (Å²) in [5, 5.41) is 7.33. The zero-order chi connectivity index (χ0) is 15.6.